The zero-order valence-electron chi connectivity index (χ0n) is 14.4. The van der Waals surface area contributed by atoms with Gasteiger partial charge in [-0.1, -0.05) is 6.07 Å². The van der Waals surface area contributed by atoms with Gasteiger partial charge in [-0.3, -0.25) is 4.72 Å². The monoisotopic (exact) mass is 415 g/mol. The maximum Gasteiger partial charge on any atom is 0.586 e. The zero-order chi connectivity index (χ0) is 19.9. The molecular weight excluding hydrogens is 399 g/mol. The number of piperazine rings is 1. The molecule has 0 saturated carbocycles. The van der Waals surface area contributed by atoms with E-state index in [4.69, 9.17) is 0 Å². The number of alkyl halides is 2. The van der Waals surface area contributed by atoms with Crippen LogP contribution >= 0.6 is 0 Å². The van der Waals surface area contributed by atoms with Crippen molar-refractivity contribution in [3.8, 4) is 11.5 Å². The van der Waals surface area contributed by atoms with Crippen molar-refractivity contribution in [2.24, 2.45) is 0 Å². The van der Waals surface area contributed by atoms with Crippen LogP contribution < -0.4 is 24.4 Å². The Hall–Kier alpha value is -2.66. The molecule has 2 aliphatic rings. The first-order valence-corrected chi connectivity index (χ1v) is 9.90. The van der Waals surface area contributed by atoms with E-state index in [0.717, 1.165) is 12.1 Å². The molecular formula is C17H16F3N3O4S. The average molecular weight is 415 g/mol. The van der Waals surface area contributed by atoms with Crippen LogP contribution in [0, 0.1) is 5.82 Å². The first kappa shape index (κ1) is 18.7. The highest BCUT2D eigenvalue weighted by molar-refractivity contribution is 7.92. The van der Waals surface area contributed by atoms with Gasteiger partial charge in [0, 0.05) is 26.2 Å². The average Bonchev–Trinajstić information content (AvgIpc) is 2.97. The SMILES string of the molecule is O=S(=O)(Nc1ccc(F)c(N2CCNCC2)c1)c1cccc2c1OC(F)(F)O2. The van der Waals surface area contributed by atoms with Crippen LogP contribution in [0.3, 0.4) is 0 Å². The first-order chi connectivity index (χ1) is 13.3. The molecule has 4 rings (SSSR count). The smallest absolute Gasteiger partial charge is 0.395 e. The Morgan fingerprint density at radius 2 is 1.86 bits per heavy atom. The normalized spacial score (nSPS) is 18.2. The minimum atomic E-state index is -4.29. The van der Waals surface area contributed by atoms with Crippen LogP contribution in [0.4, 0.5) is 24.5 Å². The second-order valence-corrected chi connectivity index (χ2v) is 7.91. The molecule has 0 aromatic heterocycles. The summed E-state index contributed by atoms with van der Waals surface area (Å²) in [6.45, 7) is 2.49. The fourth-order valence-electron chi connectivity index (χ4n) is 3.09. The molecule has 0 amide bonds. The lowest BCUT2D eigenvalue weighted by Gasteiger charge is -2.30. The van der Waals surface area contributed by atoms with Crippen LogP contribution in [0.15, 0.2) is 41.3 Å². The van der Waals surface area contributed by atoms with E-state index < -0.39 is 32.8 Å². The molecule has 2 aliphatic heterocycles. The van der Waals surface area contributed by atoms with E-state index in [1.807, 2.05) is 0 Å². The van der Waals surface area contributed by atoms with Gasteiger partial charge in [-0.05, 0) is 30.3 Å². The minimum Gasteiger partial charge on any atom is -0.395 e. The van der Waals surface area contributed by atoms with Crippen molar-refractivity contribution in [2.45, 2.75) is 11.2 Å². The fourth-order valence-corrected chi connectivity index (χ4v) is 4.28. The van der Waals surface area contributed by atoms with Crippen molar-refractivity contribution in [3.05, 3.63) is 42.2 Å². The Morgan fingerprint density at radius 1 is 1.11 bits per heavy atom. The second-order valence-electron chi connectivity index (χ2n) is 6.26. The summed E-state index contributed by atoms with van der Waals surface area (Å²) >= 11 is 0. The van der Waals surface area contributed by atoms with Gasteiger partial charge in [-0.25, -0.2) is 12.8 Å². The molecule has 1 fully saturated rings. The Balaban J connectivity index is 1.64. The van der Waals surface area contributed by atoms with Crippen molar-refractivity contribution in [2.75, 3.05) is 35.8 Å². The molecule has 0 bridgehead atoms. The molecule has 0 aliphatic carbocycles. The maximum absolute atomic E-state index is 14.2. The van der Waals surface area contributed by atoms with Gasteiger partial charge in [0.15, 0.2) is 11.5 Å². The Labute approximate surface area is 159 Å². The molecule has 2 N–H and O–H groups in total. The number of nitrogens with zero attached hydrogens (tertiary/aromatic N) is 1. The van der Waals surface area contributed by atoms with Gasteiger partial charge in [0.25, 0.3) is 10.0 Å². The molecule has 0 radical (unpaired) electrons. The number of rotatable bonds is 4. The van der Waals surface area contributed by atoms with E-state index in [1.54, 1.807) is 4.90 Å². The van der Waals surface area contributed by atoms with Gasteiger partial charge in [-0.2, -0.15) is 0 Å². The number of benzene rings is 2. The minimum absolute atomic E-state index is 0.0956. The summed E-state index contributed by atoms with van der Waals surface area (Å²) in [5.41, 5.74) is 0.351. The van der Waals surface area contributed by atoms with Crippen molar-refractivity contribution >= 4 is 21.4 Å². The van der Waals surface area contributed by atoms with E-state index in [-0.39, 0.29) is 17.1 Å². The number of ether oxygens (including phenoxy) is 2. The van der Waals surface area contributed by atoms with Crippen molar-refractivity contribution < 1.29 is 31.1 Å². The van der Waals surface area contributed by atoms with Gasteiger partial charge in [0.05, 0.1) is 11.4 Å². The Kier molecular flexibility index (Phi) is 4.50. The number of nitrogens with one attached hydrogen (secondary N) is 2. The molecule has 2 heterocycles. The lowest BCUT2D eigenvalue weighted by Crippen LogP contribution is -2.43. The van der Waals surface area contributed by atoms with Crippen LogP contribution in [-0.4, -0.2) is 40.9 Å². The molecule has 2 aromatic carbocycles. The topological polar surface area (TPSA) is 79.9 Å². The van der Waals surface area contributed by atoms with Crippen LogP contribution in [0.5, 0.6) is 11.5 Å². The fraction of sp³-hybridized carbons (Fsp3) is 0.294. The molecule has 0 atom stereocenters. The predicted octanol–water partition coefficient (Wildman–Crippen LogP) is 2.36. The summed E-state index contributed by atoms with van der Waals surface area (Å²) < 4.78 is 77.2. The number of fused-ring (bicyclic) bond motifs is 1. The highest BCUT2D eigenvalue weighted by Crippen LogP contribution is 2.45. The Bertz CT molecular complexity index is 1010. The number of hydrogen-bond donors (Lipinski definition) is 2. The van der Waals surface area contributed by atoms with Gasteiger partial charge in [0.1, 0.15) is 10.7 Å². The second kappa shape index (κ2) is 6.74. The van der Waals surface area contributed by atoms with Crippen LogP contribution in [0.1, 0.15) is 0 Å². The van der Waals surface area contributed by atoms with Crippen molar-refractivity contribution in [1.82, 2.24) is 5.32 Å². The summed E-state index contributed by atoms with van der Waals surface area (Å²) in [6, 6.07) is 7.33. The third-order valence-corrected chi connectivity index (χ3v) is 5.74. The van der Waals surface area contributed by atoms with Crippen LogP contribution in [0.25, 0.3) is 0 Å². The molecule has 28 heavy (non-hydrogen) atoms. The highest BCUT2D eigenvalue weighted by Gasteiger charge is 2.46. The molecule has 0 spiro atoms. The lowest BCUT2D eigenvalue weighted by atomic mass is 10.2. The van der Waals surface area contributed by atoms with Gasteiger partial charge >= 0.3 is 6.29 Å². The van der Waals surface area contributed by atoms with E-state index in [0.29, 0.717) is 26.2 Å². The number of halogens is 3. The highest BCUT2D eigenvalue weighted by atomic mass is 32.2. The molecule has 150 valence electrons. The standard InChI is InChI=1S/C17H16F3N3O4S/c18-12-5-4-11(10-13(12)23-8-6-21-7-9-23)22-28(24,25)15-3-1-2-14-16(15)27-17(19,20)26-14/h1-5,10,21-22H,6-9H2. The molecule has 1 saturated heterocycles. The predicted molar refractivity (Wildman–Crippen MR) is 94.9 cm³/mol. The van der Waals surface area contributed by atoms with E-state index >= 15 is 0 Å². The molecule has 0 unspecified atom stereocenters. The van der Waals surface area contributed by atoms with Gasteiger partial charge in [-0.15, -0.1) is 8.78 Å². The van der Waals surface area contributed by atoms with Crippen molar-refractivity contribution in [1.29, 1.82) is 0 Å². The van der Waals surface area contributed by atoms with E-state index in [9.17, 15) is 21.6 Å². The summed E-state index contributed by atoms with van der Waals surface area (Å²) in [6.07, 6.45) is -3.95. The van der Waals surface area contributed by atoms with E-state index in [1.165, 1.54) is 24.3 Å². The zero-order valence-corrected chi connectivity index (χ0v) is 15.2. The Morgan fingerprint density at radius 3 is 2.61 bits per heavy atom. The number of sulfonamides is 1. The maximum atomic E-state index is 14.2. The van der Waals surface area contributed by atoms with Crippen LogP contribution in [0.2, 0.25) is 0 Å². The third kappa shape index (κ3) is 3.54. The number of para-hydroxylation sites is 1. The molecule has 7 nitrogen and oxygen atoms in total. The number of hydrogen-bond acceptors (Lipinski definition) is 6. The molecule has 2 aromatic rings. The largest absolute Gasteiger partial charge is 0.586 e. The van der Waals surface area contributed by atoms with Crippen LogP contribution in [-0.2, 0) is 10.0 Å². The number of anilines is 2. The summed E-state index contributed by atoms with van der Waals surface area (Å²) in [5, 5.41) is 3.15. The lowest BCUT2D eigenvalue weighted by molar-refractivity contribution is -0.287. The third-order valence-electron chi connectivity index (χ3n) is 4.34. The van der Waals surface area contributed by atoms with Gasteiger partial charge < -0.3 is 19.7 Å². The van der Waals surface area contributed by atoms with Crippen molar-refractivity contribution in [3.63, 3.8) is 0 Å². The summed E-state index contributed by atoms with van der Waals surface area (Å²) in [4.78, 5) is 1.29. The first-order valence-electron chi connectivity index (χ1n) is 8.42. The quantitative estimate of drug-likeness (QED) is 0.798. The van der Waals surface area contributed by atoms with E-state index in [2.05, 4.69) is 19.5 Å². The molecule has 11 heteroatoms. The summed E-state index contributed by atoms with van der Waals surface area (Å²) in [5.74, 6) is -1.44. The van der Waals surface area contributed by atoms with Gasteiger partial charge in [0.2, 0.25) is 0 Å². The summed E-state index contributed by atoms with van der Waals surface area (Å²) in [7, 11) is -4.29.